The first-order chi connectivity index (χ1) is 6.49. The molecular weight excluding hydrogens is 180 g/mol. The van der Waals surface area contributed by atoms with E-state index in [-0.39, 0.29) is 18.6 Å². The predicted molar refractivity (Wildman–Crippen MR) is 57.0 cm³/mol. The molecule has 0 saturated carbocycles. The largest absolute Gasteiger partial charge is 0.395 e. The normalized spacial score (nSPS) is 13.4. The monoisotopic (exact) mass is 202 g/mol. The summed E-state index contributed by atoms with van der Waals surface area (Å²) in [5.41, 5.74) is 0. The Labute approximate surface area is 86.3 Å². The molecule has 14 heavy (non-hydrogen) atoms. The Bertz CT molecular complexity index is 172. The van der Waals surface area contributed by atoms with Gasteiger partial charge in [0, 0.05) is 13.1 Å². The van der Waals surface area contributed by atoms with Crippen molar-refractivity contribution in [2.75, 3.05) is 26.7 Å². The average molecular weight is 202 g/mol. The lowest BCUT2D eigenvalue weighted by Gasteiger charge is -2.23. The van der Waals surface area contributed by atoms with Gasteiger partial charge < -0.3 is 10.4 Å². The summed E-state index contributed by atoms with van der Waals surface area (Å²) in [6.07, 6.45) is 0. The molecule has 1 unspecified atom stereocenters. The summed E-state index contributed by atoms with van der Waals surface area (Å²) in [6.45, 7) is 7.26. The summed E-state index contributed by atoms with van der Waals surface area (Å²) in [5, 5.41) is 11.6. The van der Waals surface area contributed by atoms with E-state index >= 15 is 0 Å². The zero-order valence-corrected chi connectivity index (χ0v) is 9.58. The first kappa shape index (κ1) is 13.4. The van der Waals surface area contributed by atoms with E-state index in [2.05, 4.69) is 19.2 Å². The van der Waals surface area contributed by atoms with Crippen molar-refractivity contribution in [3.63, 3.8) is 0 Å². The van der Waals surface area contributed by atoms with Gasteiger partial charge in [0.05, 0.1) is 12.6 Å². The highest BCUT2D eigenvalue weighted by molar-refractivity contribution is 5.81. The number of hydrogen-bond acceptors (Lipinski definition) is 3. The van der Waals surface area contributed by atoms with Crippen molar-refractivity contribution < 1.29 is 9.90 Å². The molecule has 0 fully saturated rings. The minimum atomic E-state index is -0.180. The van der Waals surface area contributed by atoms with E-state index in [1.807, 2.05) is 18.9 Å². The molecule has 0 rings (SSSR count). The van der Waals surface area contributed by atoms with Gasteiger partial charge in [-0.15, -0.1) is 0 Å². The zero-order chi connectivity index (χ0) is 11.1. The number of likely N-dealkylation sites (N-methyl/N-ethyl adjacent to an activating group) is 1. The minimum Gasteiger partial charge on any atom is -0.395 e. The second-order valence-corrected chi connectivity index (χ2v) is 4.02. The van der Waals surface area contributed by atoms with Crippen LogP contribution < -0.4 is 5.32 Å². The molecule has 1 amide bonds. The Morgan fingerprint density at radius 2 is 2.00 bits per heavy atom. The van der Waals surface area contributed by atoms with Crippen LogP contribution in [0.5, 0.6) is 0 Å². The fraction of sp³-hybridized carbons (Fsp3) is 0.900. The van der Waals surface area contributed by atoms with Crippen molar-refractivity contribution in [3.05, 3.63) is 0 Å². The molecule has 0 radical (unpaired) electrons. The highest BCUT2D eigenvalue weighted by Crippen LogP contribution is 1.95. The summed E-state index contributed by atoms with van der Waals surface area (Å²) >= 11 is 0. The second kappa shape index (κ2) is 6.79. The summed E-state index contributed by atoms with van der Waals surface area (Å²) < 4.78 is 0. The maximum absolute atomic E-state index is 11.5. The smallest absolute Gasteiger partial charge is 0.237 e. The lowest BCUT2D eigenvalue weighted by molar-refractivity contribution is -0.125. The molecule has 1 atom stereocenters. The third kappa shape index (κ3) is 5.19. The lowest BCUT2D eigenvalue weighted by Crippen LogP contribution is -2.45. The zero-order valence-electron chi connectivity index (χ0n) is 9.58. The number of amides is 1. The Morgan fingerprint density at radius 1 is 1.43 bits per heavy atom. The number of hydrogen-bond donors (Lipinski definition) is 2. The van der Waals surface area contributed by atoms with E-state index in [1.54, 1.807) is 0 Å². The van der Waals surface area contributed by atoms with Crippen LogP contribution in [0, 0.1) is 5.92 Å². The molecule has 0 bridgehead atoms. The highest BCUT2D eigenvalue weighted by atomic mass is 16.3. The maximum atomic E-state index is 11.5. The molecule has 0 aromatic heterocycles. The quantitative estimate of drug-likeness (QED) is 0.641. The summed E-state index contributed by atoms with van der Waals surface area (Å²) in [6, 6.07) is -0.180. The van der Waals surface area contributed by atoms with Crippen molar-refractivity contribution in [1.82, 2.24) is 10.2 Å². The van der Waals surface area contributed by atoms with Crippen LogP contribution in [0.15, 0.2) is 0 Å². The summed E-state index contributed by atoms with van der Waals surface area (Å²) in [7, 11) is 1.83. The molecule has 0 spiro atoms. The average Bonchev–Trinajstić information content (AvgIpc) is 2.13. The second-order valence-electron chi connectivity index (χ2n) is 4.02. The van der Waals surface area contributed by atoms with Crippen LogP contribution in [0.4, 0.5) is 0 Å². The molecule has 0 saturated heterocycles. The van der Waals surface area contributed by atoms with Crippen molar-refractivity contribution in [2.24, 2.45) is 5.92 Å². The minimum absolute atomic E-state index is 0.0228. The fourth-order valence-corrected chi connectivity index (χ4v) is 1.00. The van der Waals surface area contributed by atoms with Crippen LogP contribution in [0.3, 0.4) is 0 Å². The SMILES string of the molecule is CC(C)CNC(=O)C(C)N(C)CCO. The molecule has 84 valence electrons. The molecule has 0 aromatic carbocycles. The van der Waals surface area contributed by atoms with E-state index in [4.69, 9.17) is 5.11 Å². The number of nitrogens with zero attached hydrogens (tertiary/aromatic N) is 1. The van der Waals surface area contributed by atoms with E-state index in [0.29, 0.717) is 19.0 Å². The summed E-state index contributed by atoms with van der Waals surface area (Å²) in [4.78, 5) is 13.4. The van der Waals surface area contributed by atoms with E-state index < -0.39 is 0 Å². The Hall–Kier alpha value is -0.610. The van der Waals surface area contributed by atoms with Crippen LogP contribution in [-0.2, 0) is 4.79 Å². The van der Waals surface area contributed by atoms with Gasteiger partial charge in [-0.3, -0.25) is 9.69 Å². The Balaban J connectivity index is 3.86. The van der Waals surface area contributed by atoms with Crippen LogP contribution in [-0.4, -0.2) is 48.7 Å². The number of aliphatic hydroxyl groups excluding tert-OH is 1. The molecule has 0 heterocycles. The highest BCUT2D eigenvalue weighted by Gasteiger charge is 2.16. The van der Waals surface area contributed by atoms with Gasteiger partial charge in [-0.25, -0.2) is 0 Å². The first-order valence-corrected chi connectivity index (χ1v) is 5.07. The number of nitrogens with one attached hydrogen (secondary N) is 1. The van der Waals surface area contributed by atoms with Crippen LogP contribution in [0.1, 0.15) is 20.8 Å². The van der Waals surface area contributed by atoms with Crippen molar-refractivity contribution in [3.8, 4) is 0 Å². The van der Waals surface area contributed by atoms with Gasteiger partial charge in [-0.1, -0.05) is 13.8 Å². The van der Waals surface area contributed by atoms with Gasteiger partial charge in [0.2, 0.25) is 5.91 Å². The number of carbonyl (C=O) groups is 1. The van der Waals surface area contributed by atoms with Crippen LogP contribution in [0.25, 0.3) is 0 Å². The maximum Gasteiger partial charge on any atom is 0.237 e. The standard InChI is InChI=1S/C10H22N2O2/c1-8(2)7-11-10(14)9(3)12(4)5-6-13/h8-9,13H,5-7H2,1-4H3,(H,11,14). The topological polar surface area (TPSA) is 52.6 Å². The Kier molecular flexibility index (Phi) is 6.49. The van der Waals surface area contributed by atoms with Crippen LogP contribution in [0.2, 0.25) is 0 Å². The van der Waals surface area contributed by atoms with Gasteiger partial charge in [0.25, 0.3) is 0 Å². The summed E-state index contributed by atoms with van der Waals surface area (Å²) in [5.74, 6) is 0.490. The molecule has 4 nitrogen and oxygen atoms in total. The fourth-order valence-electron chi connectivity index (χ4n) is 1.00. The van der Waals surface area contributed by atoms with Crippen LogP contribution >= 0.6 is 0 Å². The molecule has 0 aliphatic carbocycles. The predicted octanol–water partition coefficient (Wildman–Crippen LogP) is 0.0712. The molecule has 0 aliphatic rings. The van der Waals surface area contributed by atoms with Gasteiger partial charge in [0.15, 0.2) is 0 Å². The van der Waals surface area contributed by atoms with E-state index in [0.717, 1.165) is 0 Å². The molecular formula is C10H22N2O2. The molecule has 0 aliphatic heterocycles. The third-order valence-electron chi connectivity index (χ3n) is 2.18. The van der Waals surface area contributed by atoms with Crippen molar-refractivity contribution >= 4 is 5.91 Å². The number of carbonyl (C=O) groups excluding carboxylic acids is 1. The van der Waals surface area contributed by atoms with E-state index in [1.165, 1.54) is 0 Å². The van der Waals surface area contributed by atoms with Gasteiger partial charge in [0.1, 0.15) is 0 Å². The van der Waals surface area contributed by atoms with Crippen molar-refractivity contribution in [2.45, 2.75) is 26.8 Å². The Morgan fingerprint density at radius 3 is 2.43 bits per heavy atom. The molecule has 0 aromatic rings. The van der Waals surface area contributed by atoms with Crippen molar-refractivity contribution in [1.29, 1.82) is 0 Å². The molecule has 4 heteroatoms. The van der Waals surface area contributed by atoms with Gasteiger partial charge >= 0.3 is 0 Å². The third-order valence-corrected chi connectivity index (χ3v) is 2.18. The lowest BCUT2D eigenvalue weighted by atomic mass is 10.2. The van der Waals surface area contributed by atoms with Gasteiger partial charge in [-0.05, 0) is 19.9 Å². The van der Waals surface area contributed by atoms with Gasteiger partial charge in [-0.2, -0.15) is 0 Å². The van der Waals surface area contributed by atoms with E-state index in [9.17, 15) is 4.79 Å². The molecule has 2 N–H and O–H groups in total. The first-order valence-electron chi connectivity index (χ1n) is 5.07. The number of aliphatic hydroxyl groups is 1. The number of rotatable bonds is 6.